The first-order valence-corrected chi connectivity index (χ1v) is 9.97. The minimum Gasteiger partial charge on any atom is -0.484 e. The Labute approximate surface area is 154 Å². The first-order valence-electron chi connectivity index (χ1n) is 8.53. The quantitative estimate of drug-likeness (QED) is 0.779. The SMILES string of the molecule is CN(c1ccc(OCC(=O)N2CCCC2)cc1)S(=O)(=O)c1ccccc1. The molecule has 1 amide bonds. The molecule has 0 atom stereocenters. The van der Waals surface area contributed by atoms with Crippen molar-refractivity contribution in [1.82, 2.24) is 4.90 Å². The molecule has 0 aromatic heterocycles. The highest BCUT2D eigenvalue weighted by Crippen LogP contribution is 2.24. The molecule has 0 spiro atoms. The van der Waals surface area contributed by atoms with Gasteiger partial charge in [-0.1, -0.05) is 18.2 Å². The molecule has 0 bridgehead atoms. The normalized spacial score (nSPS) is 14.3. The number of carbonyl (C=O) groups excluding carboxylic acids is 1. The predicted octanol–water partition coefficient (Wildman–Crippen LogP) is 2.51. The average molecular weight is 374 g/mol. The van der Waals surface area contributed by atoms with Gasteiger partial charge in [-0.3, -0.25) is 9.10 Å². The molecule has 1 heterocycles. The van der Waals surface area contributed by atoms with Crippen LogP contribution >= 0.6 is 0 Å². The van der Waals surface area contributed by atoms with E-state index in [9.17, 15) is 13.2 Å². The smallest absolute Gasteiger partial charge is 0.264 e. The summed E-state index contributed by atoms with van der Waals surface area (Å²) in [4.78, 5) is 14.0. The second kappa shape index (κ2) is 7.78. The number of ether oxygens (including phenoxy) is 1. The molecule has 2 aromatic carbocycles. The van der Waals surface area contributed by atoms with Crippen LogP contribution in [0.4, 0.5) is 5.69 Å². The molecular weight excluding hydrogens is 352 g/mol. The van der Waals surface area contributed by atoms with E-state index in [1.54, 1.807) is 59.5 Å². The number of hydrogen-bond acceptors (Lipinski definition) is 4. The van der Waals surface area contributed by atoms with E-state index in [2.05, 4.69) is 0 Å². The molecule has 3 rings (SSSR count). The molecule has 26 heavy (non-hydrogen) atoms. The Morgan fingerprint density at radius 1 is 1.04 bits per heavy atom. The van der Waals surface area contributed by atoms with Gasteiger partial charge in [-0.15, -0.1) is 0 Å². The molecule has 0 N–H and O–H groups in total. The maximum atomic E-state index is 12.6. The Bertz CT molecular complexity index is 845. The first kappa shape index (κ1) is 18.3. The van der Waals surface area contributed by atoms with Gasteiger partial charge >= 0.3 is 0 Å². The van der Waals surface area contributed by atoms with Gasteiger partial charge < -0.3 is 9.64 Å². The van der Waals surface area contributed by atoms with Crippen LogP contribution in [-0.2, 0) is 14.8 Å². The van der Waals surface area contributed by atoms with Crippen molar-refractivity contribution in [3.05, 3.63) is 54.6 Å². The number of benzene rings is 2. The van der Waals surface area contributed by atoms with Gasteiger partial charge in [-0.25, -0.2) is 8.42 Å². The molecule has 7 heteroatoms. The van der Waals surface area contributed by atoms with Crippen LogP contribution in [0.2, 0.25) is 0 Å². The molecule has 0 aliphatic carbocycles. The van der Waals surface area contributed by atoms with Gasteiger partial charge in [0, 0.05) is 20.1 Å². The van der Waals surface area contributed by atoms with Gasteiger partial charge in [0.15, 0.2) is 6.61 Å². The number of hydrogen-bond donors (Lipinski definition) is 0. The zero-order valence-electron chi connectivity index (χ0n) is 14.7. The van der Waals surface area contributed by atoms with Gasteiger partial charge in [0.2, 0.25) is 0 Å². The lowest BCUT2D eigenvalue weighted by Gasteiger charge is -2.20. The zero-order valence-corrected chi connectivity index (χ0v) is 15.5. The predicted molar refractivity (Wildman–Crippen MR) is 99.8 cm³/mol. The highest BCUT2D eigenvalue weighted by Gasteiger charge is 2.21. The number of rotatable bonds is 6. The highest BCUT2D eigenvalue weighted by atomic mass is 32.2. The minimum atomic E-state index is -3.61. The summed E-state index contributed by atoms with van der Waals surface area (Å²) in [6.45, 7) is 1.59. The molecule has 0 unspecified atom stereocenters. The standard InChI is InChI=1S/C19H22N2O4S/c1-20(26(23,24)18-7-3-2-4-8-18)16-9-11-17(12-10-16)25-15-19(22)21-13-5-6-14-21/h2-4,7-12H,5-6,13-15H2,1H3. The van der Waals surface area contributed by atoms with E-state index in [0.29, 0.717) is 11.4 Å². The summed E-state index contributed by atoms with van der Waals surface area (Å²) in [5.41, 5.74) is 0.520. The van der Waals surface area contributed by atoms with Gasteiger partial charge in [0.25, 0.3) is 15.9 Å². The minimum absolute atomic E-state index is 0.00248. The van der Waals surface area contributed by atoms with Crippen molar-refractivity contribution in [2.24, 2.45) is 0 Å². The fourth-order valence-corrected chi connectivity index (χ4v) is 4.06. The van der Waals surface area contributed by atoms with Crippen LogP contribution < -0.4 is 9.04 Å². The number of amides is 1. The average Bonchev–Trinajstić information content (AvgIpc) is 3.21. The fraction of sp³-hybridized carbons (Fsp3) is 0.316. The summed E-state index contributed by atoms with van der Waals surface area (Å²) in [7, 11) is -2.10. The Morgan fingerprint density at radius 3 is 2.27 bits per heavy atom. The summed E-state index contributed by atoms with van der Waals surface area (Å²) >= 11 is 0. The van der Waals surface area contributed by atoms with E-state index in [0.717, 1.165) is 25.9 Å². The third-order valence-electron chi connectivity index (χ3n) is 4.42. The van der Waals surface area contributed by atoms with Crippen molar-refractivity contribution in [2.45, 2.75) is 17.7 Å². The van der Waals surface area contributed by atoms with Crippen LogP contribution in [0.15, 0.2) is 59.5 Å². The highest BCUT2D eigenvalue weighted by molar-refractivity contribution is 7.92. The zero-order chi connectivity index (χ0) is 18.6. The summed E-state index contributed by atoms with van der Waals surface area (Å²) in [5.74, 6) is 0.516. The van der Waals surface area contributed by atoms with Gasteiger partial charge in [-0.2, -0.15) is 0 Å². The van der Waals surface area contributed by atoms with Crippen molar-refractivity contribution >= 4 is 21.6 Å². The third kappa shape index (κ3) is 3.99. The largest absolute Gasteiger partial charge is 0.484 e. The summed E-state index contributed by atoms with van der Waals surface area (Å²) < 4.78 is 32.0. The topological polar surface area (TPSA) is 66.9 Å². The number of nitrogens with zero attached hydrogens (tertiary/aromatic N) is 2. The van der Waals surface area contributed by atoms with Gasteiger partial charge in [0.1, 0.15) is 5.75 Å². The number of likely N-dealkylation sites (tertiary alicyclic amines) is 1. The van der Waals surface area contributed by atoms with Gasteiger partial charge in [-0.05, 0) is 49.2 Å². The van der Waals surface area contributed by atoms with E-state index in [1.165, 1.54) is 11.4 Å². The van der Waals surface area contributed by atoms with Crippen LogP contribution in [0.1, 0.15) is 12.8 Å². The summed E-state index contributed by atoms with van der Waals surface area (Å²) in [6, 6.07) is 14.9. The Hall–Kier alpha value is -2.54. The van der Waals surface area contributed by atoms with Crippen molar-refractivity contribution in [1.29, 1.82) is 0 Å². The molecular formula is C19H22N2O4S. The molecule has 1 saturated heterocycles. The van der Waals surface area contributed by atoms with Crippen LogP contribution in [0, 0.1) is 0 Å². The van der Waals surface area contributed by atoms with E-state index >= 15 is 0 Å². The Kier molecular flexibility index (Phi) is 5.46. The molecule has 138 valence electrons. The second-order valence-electron chi connectivity index (χ2n) is 6.16. The van der Waals surface area contributed by atoms with E-state index in [4.69, 9.17) is 4.74 Å². The fourth-order valence-electron chi connectivity index (χ4n) is 2.84. The monoisotopic (exact) mass is 374 g/mol. The van der Waals surface area contributed by atoms with Crippen molar-refractivity contribution in [3.63, 3.8) is 0 Å². The first-order chi connectivity index (χ1) is 12.5. The van der Waals surface area contributed by atoms with Crippen LogP contribution in [0.25, 0.3) is 0 Å². The van der Waals surface area contributed by atoms with E-state index in [-0.39, 0.29) is 17.4 Å². The van der Waals surface area contributed by atoms with Crippen LogP contribution in [0.3, 0.4) is 0 Å². The van der Waals surface area contributed by atoms with Crippen molar-refractivity contribution < 1.29 is 17.9 Å². The second-order valence-corrected chi connectivity index (χ2v) is 8.13. The number of anilines is 1. The molecule has 1 aliphatic rings. The maximum Gasteiger partial charge on any atom is 0.264 e. The third-order valence-corrected chi connectivity index (χ3v) is 6.22. The van der Waals surface area contributed by atoms with E-state index in [1.807, 2.05) is 0 Å². The van der Waals surface area contributed by atoms with Crippen molar-refractivity contribution in [3.8, 4) is 5.75 Å². The van der Waals surface area contributed by atoms with Crippen LogP contribution in [-0.4, -0.2) is 46.0 Å². The summed E-state index contributed by atoms with van der Waals surface area (Å²) in [5, 5.41) is 0. The van der Waals surface area contributed by atoms with Gasteiger partial charge in [0.05, 0.1) is 10.6 Å². The lowest BCUT2D eigenvalue weighted by molar-refractivity contribution is -0.132. The Morgan fingerprint density at radius 2 is 1.65 bits per heavy atom. The lowest BCUT2D eigenvalue weighted by atomic mass is 10.3. The Balaban J connectivity index is 1.64. The molecule has 2 aromatic rings. The molecule has 1 aliphatic heterocycles. The van der Waals surface area contributed by atoms with Crippen molar-refractivity contribution in [2.75, 3.05) is 31.0 Å². The molecule has 6 nitrogen and oxygen atoms in total. The lowest BCUT2D eigenvalue weighted by Crippen LogP contribution is -2.32. The summed E-state index contributed by atoms with van der Waals surface area (Å²) in [6.07, 6.45) is 2.09. The molecule has 0 saturated carbocycles. The van der Waals surface area contributed by atoms with E-state index < -0.39 is 10.0 Å². The maximum absolute atomic E-state index is 12.6. The molecule has 0 radical (unpaired) electrons. The molecule has 1 fully saturated rings. The number of carbonyl (C=O) groups is 1. The van der Waals surface area contributed by atoms with Crippen LogP contribution in [0.5, 0.6) is 5.75 Å². The number of sulfonamides is 1.